The predicted molar refractivity (Wildman–Crippen MR) is 66.9 cm³/mol. The lowest BCUT2D eigenvalue weighted by atomic mass is 10.1. The standard InChI is InChI=1S/C12H18N4O2/c1-3-5-16-12(10(17-2)7-14-16)11(15-13)9-4-6-18-8-9/h4,6-8,11,15H,3,5,13H2,1-2H3. The highest BCUT2D eigenvalue weighted by atomic mass is 16.5. The second-order valence-corrected chi connectivity index (χ2v) is 3.98. The van der Waals surface area contributed by atoms with Crippen LogP contribution in [0.25, 0.3) is 0 Å². The monoisotopic (exact) mass is 250 g/mol. The summed E-state index contributed by atoms with van der Waals surface area (Å²) in [6, 6.07) is 1.67. The molecule has 2 rings (SSSR count). The molecule has 2 aromatic heterocycles. The summed E-state index contributed by atoms with van der Waals surface area (Å²) in [4.78, 5) is 0. The molecular weight excluding hydrogens is 232 g/mol. The van der Waals surface area contributed by atoms with E-state index in [4.69, 9.17) is 15.0 Å². The average Bonchev–Trinajstić information content (AvgIpc) is 3.02. The second-order valence-electron chi connectivity index (χ2n) is 3.98. The molecule has 0 bridgehead atoms. The maximum absolute atomic E-state index is 5.66. The van der Waals surface area contributed by atoms with Crippen LogP contribution in [0.15, 0.2) is 29.2 Å². The molecule has 0 aliphatic rings. The van der Waals surface area contributed by atoms with E-state index in [1.54, 1.807) is 25.8 Å². The van der Waals surface area contributed by atoms with Crippen molar-refractivity contribution in [3.63, 3.8) is 0 Å². The molecule has 6 nitrogen and oxygen atoms in total. The fraction of sp³-hybridized carbons (Fsp3) is 0.417. The summed E-state index contributed by atoms with van der Waals surface area (Å²) in [5.41, 5.74) is 4.62. The number of aromatic nitrogens is 2. The highest BCUT2D eigenvalue weighted by molar-refractivity contribution is 5.34. The van der Waals surface area contributed by atoms with Crippen LogP contribution in [0.4, 0.5) is 0 Å². The Morgan fingerprint density at radius 1 is 1.61 bits per heavy atom. The van der Waals surface area contributed by atoms with Crippen molar-refractivity contribution in [2.75, 3.05) is 7.11 Å². The summed E-state index contributed by atoms with van der Waals surface area (Å²) in [7, 11) is 1.62. The smallest absolute Gasteiger partial charge is 0.161 e. The summed E-state index contributed by atoms with van der Waals surface area (Å²) in [5, 5.41) is 4.32. The van der Waals surface area contributed by atoms with E-state index < -0.39 is 0 Å². The molecule has 98 valence electrons. The van der Waals surface area contributed by atoms with Crippen molar-refractivity contribution in [3.8, 4) is 5.75 Å². The second kappa shape index (κ2) is 5.70. The van der Waals surface area contributed by atoms with Gasteiger partial charge in [-0.3, -0.25) is 10.5 Å². The van der Waals surface area contributed by atoms with E-state index in [9.17, 15) is 0 Å². The van der Waals surface area contributed by atoms with Gasteiger partial charge in [0.1, 0.15) is 5.69 Å². The predicted octanol–water partition coefficient (Wildman–Crippen LogP) is 1.45. The number of nitrogens with two attached hydrogens (primary N) is 1. The van der Waals surface area contributed by atoms with Gasteiger partial charge in [0.2, 0.25) is 0 Å². The Kier molecular flexibility index (Phi) is 4.01. The Morgan fingerprint density at radius 3 is 3.00 bits per heavy atom. The average molecular weight is 250 g/mol. The minimum absolute atomic E-state index is 0.201. The molecule has 2 aromatic rings. The summed E-state index contributed by atoms with van der Waals surface area (Å²) in [5.74, 6) is 6.37. The van der Waals surface area contributed by atoms with E-state index in [2.05, 4.69) is 17.4 Å². The number of hydrogen-bond acceptors (Lipinski definition) is 5. The van der Waals surface area contributed by atoms with Gasteiger partial charge in [0.15, 0.2) is 5.75 Å². The molecule has 2 heterocycles. The first-order chi connectivity index (χ1) is 8.81. The maximum atomic E-state index is 5.66. The maximum Gasteiger partial charge on any atom is 0.161 e. The highest BCUT2D eigenvalue weighted by Crippen LogP contribution is 2.29. The van der Waals surface area contributed by atoms with E-state index in [1.807, 2.05) is 10.7 Å². The van der Waals surface area contributed by atoms with Crippen LogP contribution in [0.3, 0.4) is 0 Å². The van der Waals surface area contributed by atoms with Crippen LogP contribution in [-0.4, -0.2) is 16.9 Å². The number of ether oxygens (including phenoxy) is 1. The van der Waals surface area contributed by atoms with Gasteiger partial charge in [0.05, 0.1) is 31.9 Å². The number of rotatable bonds is 6. The summed E-state index contributed by atoms with van der Waals surface area (Å²) in [6.07, 6.45) is 5.97. The lowest BCUT2D eigenvalue weighted by Crippen LogP contribution is -2.30. The summed E-state index contributed by atoms with van der Waals surface area (Å²) >= 11 is 0. The molecule has 0 spiro atoms. The zero-order valence-corrected chi connectivity index (χ0v) is 10.6. The third kappa shape index (κ3) is 2.25. The number of nitrogens with zero attached hydrogens (tertiary/aromatic N) is 2. The van der Waals surface area contributed by atoms with Gasteiger partial charge in [-0.2, -0.15) is 5.10 Å². The molecule has 6 heteroatoms. The first-order valence-electron chi connectivity index (χ1n) is 5.89. The largest absolute Gasteiger partial charge is 0.493 e. The first kappa shape index (κ1) is 12.7. The lowest BCUT2D eigenvalue weighted by Gasteiger charge is -2.17. The normalized spacial score (nSPS) is 12.6. The van der Waals surface area contributed by atoms with Gasteiger partial charge in [0.25, 0.3) is 0 Å². The van der Waals surface area contributed by atoms with Gasteiger partial charge < -0.3 is 9.15 Å². The molecule has 0 aromatic carbocycles. The van der Waals surface area contributed by atoms with Gasteiger partial charge in [0, 0.05) is 12.1 Å². The van der Waals surface area contributed by atoms with E-state index in [-0.39, 0.29) is 6.04 Å². The van der Waals surface area contributed by atoms with Crippen molar-refractivity contribution < 1.29 is 9.15 Å². The molecule has 1 unspecified atom stereocenters. The van der Waals surface area contributed by atoms with E-state index >= 15 is 0 Å². The van der Waals surface area contributed by atoms with Gasteiger partial charge in [-0.25, -0.2) is 5.43 Å². The number of furan rings is 1. The van der Waals surface area contributed by atoms with Crippen molar-refractivity contribution in [2.45, 2.75) is 25.9 Å². The zero-order chi connectivity index (χ0) is 13.0. The number of nitrogens with one attached hydrogen (secondary N) is 1. The molecule has 0 aliphatic heterocycles. The van der Waals surface area contributed by atoms with Gasteiger partial charge >= 0.3 is 0 Å². The van der Waals surface area contributed by atoms with Crippen molar-refractivity contribution in [2.24, 2.45) is 5.84 Å². The molecule has 0 amide bonds. The minimum Gasteiger partial charge on any atom is -0.493 e. The first-order valence-corrected chi connectivity index (χ1v) is 5.89. The minimum atomic E-state index is -0.201. The summed E-state index contributed by atoms with van der Waals surface area (Å²) < 4.78 is 12.3. The molecule has 0 saturated heterocycles. The lowest BCUT2D eigenvalue weighted by molar-refractivity contribution is 0.398. The van der Waals surface area contributed by atoms with Crippen LogP contribution < -0.4 is 16.0 Å². The molecule has 18 heavy (non-hydrogen) atoms. The van der Waals surface area contributed by atoms with Gasteiger partial charge in [-0.05, 0) is 12.5 Å². The van der Waals surface area contributed by atoms with Gasteiger partial charge in [-0.1, -0.05) is 6.92 Å². The van der Waals surface area contributed by atoms with E-state index in [0.29, 0.717) is 5.75 Å². The highest BCUT2D eigenvalue weighted by Gasteiger charge is 2.23. The molecule has 1 atom stereocenters. The van der Waals surface area contributed by atoms with Crippen LogP contribution in [-0.2, 0) is 6.54 Å². The number of hydrogen-bond donors (Lipinski definition) is 2. The molecule has 0 radical (unpaired) electrons. The quantitative estimate of drug-likeness (QED) is 0.599. The zero-order valence-electron chi connectivity index (χ0n) is 10.6. The van der Waals surface area contributed by atoms with Crippen LogP contribution in [0.5, 0.6) is 5.75 Å². The third-order valence-corrected chi connectivity index (χ3v) is 2.82. The van der Waals surface area contributed by atoms with Crippen molar-refractivity contribution in [1.82, 2.24) is 15.2 Å². The van der Waals surface area contributed by atoms with Crippen LogP contribution in [0.2, 0.25) is 0 Å². The van der Waals surface area contributed by atoms with Gasteiger partial charge in [-0.15, -0.1) is 0 Å². The molecule has 0 aliphatic carbocycles. The van der Waals surface area contributed by atoms with Crippen LogP contribution >= 0.6 is 0 Å². The SMILES string of the molecule is CCCn1ncc(OC)c1C(NN)c1ccoc1. The Labute approximate surface area is 106 Å². The van der Waals surface area contributed by atoms with Crippen molar-refractivity contribution >= 4 is 0 Å². The van der Waals surface area contributed by atoms with Crippen molar-refractivity contribution in [3.05, 3.63) is 36.0 Å². The number of methoxy groups -OCH3 is 1. The van der Waals surface area contributed by atoms with Crippen molar-refractivity contribution in [1.29, 1.82) is 0 Å². The fourth-order valence-corrected chi connectivity index (χ4v) is 1.99. The Bertz CT molecular complexity index is 478. The van der Waals surface area contributed by atoms with E-state index in [1.165, 1.54) is 0 Å². The number of hydrazine groups is 1. The Morgan fingerprint density at radius 2 is 2.44 bits per heavy atom. The van der Waals surface area contributed by atoms with Crippen LogP contribution in [0, 0.1) is 0 Å². The van der Waals surface area contributed by atoms with E-state index in [0.717, 1.165) is 24.2 Å². The summed E-state index contributed by atoms with van der Waals surface area (Å²) in [6.45, 7) is 2.91. The molecule has 0 saturated carbocycles. The third-order valence-electron chi connectivity index (χ3n) is 2.82. The topological polar surface area (TPSA) is 78.2 Å². The molecule has 0 fully saturated rings. The molecular formula is C12H18N4O2. The fourth-order valence-electron chi connectivity index (χ4n) is 1.99. The molecule has 3 N–H and O–H groups in total. The number of aryl methyl sites for hydroxylation is 1. The Balaban J connectivity index is 2.42. The Hall–Kier alpha value is -1.79. The van der Waals surface area contributed by atoms with Crippen LogP contribution in [0.1, 0.15) is 30.6 Å².